The summed E-state index contributed by atoms with van der Waals surface area (Å²) in [5.74, 6) is 1.21. The normalized spacial score (nSPS) is 18.0. The van der Waals surface area contributed by atoms with Gasteiger partial charge in [-0.15, -0.1) is 0 Å². The summed E-state index contributed by atoms with van der Waals surface area (Å²) in [5.41, 5.74) is 2.66. The molecule has 4 rings (SSSR count). The number of aryl methyl sites for hydroxylation is 1. The second kappa shape index (κ2) is 7.19. The summed E-state index contributed by atoms with van der Waals surface area (Å²) in [4.78, 5) is 16.5. The first-order valence-corrected chi connectivity index (χ1v) is 8.85. The Balaban J connectivity index is 1.39. The number of hydrogen-bond acceptors (Lipinski definition) is 3. The fraction of sp³-hybridized carbons (Fsp3) is 0.182. The summed E-state index contributed by atoms with van der Waals surface area (Å²) in [7, 11) is 0. The van der Waals surface area contributed by atoms with E-state index < -0.39 is 0 Å². The molecule has 0 aliphatic heterocycles. The van der Waals surface area contributed by atoms with Crippen molar-refractivity contribution in [3.63, 3.8) is 0 Å². The van der Waals surface area contributed by atoms with Crippen LogP contribution in [0, 0.1) is 18.7 Å². The minimum Gasteiger partial charge on any atom is -0.455 e. The van der Waals surface area contributed by atoms with Crippen molar-refractivity contribution in [3.05, 3.63) is 83.9 Å². The summed E-state index contributed by atoms with van der Waals surface area (Å²) in [6.07, 6.45) is 4.13. The van der Waals surface area contributed by atoms with Crippen LogP contribution in [0.4, 0.5) is 10.1 Å². The fourth-order valence-electron chi connectivity index (χ4n) is 3.17. The molecule has 5 heteroatoms. The molecule has 0 saturated heterocycles. The lowest BCUT2D eigenvalue weighted by atomic mass is 10.1. The molecule has 0 spiro atoms. The van der Waals surface area contributed by atoms with Crippen LogP contribution in [0.15, 0.2) is 67.0 Å². The Kier molecular flexibility index (Phi) is 4.59. The number of carbonyl (C=O) groups is 1. The molecule has 1 N–H and O–H groups in total. The highest BCUT2D eigenvalue weighted by molar-refractivity contribution is 5.95. The Morgan fingerprint density at radius 1 is 1.19 bits per heavy atom. The topological polar surface area (TPSA) is 51.2 Å². The maximum absolute atomic E-state index is 13.0. The molecule has 0 unspecified atom stereocenters. The van der Waals surface area contributed by atoms with Crippen LogP contribution >= 0.6 is 0 Å². The van der Waals surface area contributed by atoms with Gasteiger partial charge in [-0.05, 0) is 72.9 Å². The molecule has 1 heterocycles. The molecule has 1 amide bonds. The van der Waals surface area contributed by atoms with E-state index in [0.29, 0.717) is 5.75 Å². The van der Waals surface area contributed by atoms with Gasteiger partial charge in [-0.3, -0.25) is 9.78 Å². The van der Waals surface area contributed by atoms with Crippen LogP contribution in [-0.4, -0.2) is 10.9 Å². The van der Waals surface area contributed by atoms with E-state index in [1.54, 1.807) is 24.5 Å². The van der Waals surface area contributed by atoms with Crippen LogP contribution in [-0.2, 0) is 4.79 Å². The number of hydrogen-bond donors (Lipinski definition) is 1. The first-order valence-electron chi connectivity index (χ1n) is 8.85. The van der Waals surface area contributed by atoms with Crippen LogP contribution in [0.3, 0.4) is 0 Å². The van der Waals surface area contributed by atoms with E-state index in [0.717, 1.165) is 29.0 Å². The lowest BCUT2D eigenvalue weighted by molar-refractivity contribution is -0.117. The van der Waals surface area contributed by atoms with Gasteiger partial charge >= 0.3 is 0 Å². The molecule has 0 bridgehead atoms. The van der Waals surface area contributed by atoms with Gasteiger partial charge in [0, 0.05) is 17.8 Å². The van der Waals surface area contributed by atoms with E-state index in [2.05, 4.69) is 10.3 Å². The van der Waals surface area contributed by atoms with E-state index >= 15 is 0 Å². The highest BCUT2D eigenvalue weighted by atomic mass is 19.1. The second-order valence-corrected chi connectivity index (χ2v) is 6.76. The molecular formula is C22H19FN2O2. The van der Waals surface area contributed by atoms with E-state index in [-0.39, 0.29) is 23.6 Å². The van der Waals surface area contributed by atoms with Gasteiger partial charge in [-0.25, -0.2) is 4.39 Å². The molecule has 3 aromatic rings. The maximum Gasteiger partial charge on any atom is 0.228 e. The Morgan fingerprint density at radius 2 is 2.00 bits per heavy atom. The number of nitrogens with one attached hydrogen (secondary N) is 1. The molecule has 1 aliphatic carbocycles. The molecule has 1 saturated carbocycles. The summed E-state index contributed by atoms with van der Waals surface area (Å²) in [5, 5.41) is 2.97. The predicted octanol–water partition coefficient (Wildman–Crippen LogP) is 5.06. The number of benzene rings is 2. The molecule has 2 aromatic carbocycles. The van der Waals surface area contributed by atoms with Gasteiger partial charge < -0.3 is 10.1 Å². The van der Waals surface area contributed by atoms with Crippen molar-refractivity contribution in [1.29, 1.82) is 0 Å². The monoisotopic (exact) mass is 362 g/mol. The number of nitrogens with zero attached hydrogens (tertiary/aromatic N) is 1. The Labute approximate surface area is 157 Å². The fourth-order valence-corrected chi connectivity index (χ4v) is 3.17. The number of ether oxygens (including phenoxy) is 1. The van der Waals surface area contributed by atoms with E-state index in [9.17, 15) is 9.18 Å². The number of amides is 1. The van der Waals surface area contributed by atoms with Crippen molar-refractivity contribution in [1.82, 2.24) is 4.98 Å². The molecule has 1 aromatic heterocycles. The Morgan fingerprint density at radius 3 is 2.70 bits per heavy atom. The lowest BCUT2D eigenvalue weighted by Crippen LogP contribution is -2.14. The molecule has 1 aliphatic rings. The summed E-state index contributed by atoms with van der Waals surface area (Å²) in [6, 6.07) is 15.6. The van der Waals surface area contributed by atoms with Gasteiger partial charge in [0.15, 0.2) is 0 Å². The van der Waals surface area contributed by atoms with Crippen molar-refractivity contribution >= 4 is 11.6 Å². The molecule has 4 nitrogen and oxygen atoms in total. The van der Waals surface area contributed by atoms with Gasteiger partial charge in [0.2, 0.25) is 5.91 Å². The molecule has 2 atom stereocenters. The zero-order valence-corrected chi connectivity index (χ0v) is 14.9. The first kappa shape index (κ1) is 17.2. The average molecular weight is 362 g/mol. The standard InChI is InChI=1S/C22H19FN2O2/c1-14-11-17(8-9-21(14)27-18-3-2-10-24-13-18)25-22(26)20-12-19(20)15-4-6-16(23)7-5-15/h2-11,13,19-20H,12H2,1H3,(H,25,26)/t19-,20+/m1/s1. The number of pyridine rings is 1. The summed E-state index contributed by atoms with van der Waals surface area (Å²) in [6.45, 7) is 1.93. The molecule has 1 fully saturated rings. The van der Waals surface area contributed by atoms with Crippen molar-refractivity contribution in [2.45, 2.75) is 19.3 Å². The first-order chi connectivity index (χ1) is 13.1. The number of rotatable bonds is 5. The number of carbonyl (C=O) groups excluding carboxylic acids is 1. The minimum absolute atomic E-state index is 0.00958. The Bertz CT molecular complexity index is 958. The van der Waals surface area contributed by atoms with Crippen molar-refractivity contribution < 1.29 is 13.9 Å². The van der Waals surface area contributed by atoms with E-state index in [1.807, 2.05) is 37.3 Å². The highest BCUT2D eigenvalue weighted by Crippen LogP contribution is 2.48. The molecule has 136 valence electrons. The van der Waals surface area contributed by atoms with Crippen LogP contribution in [0.25, 0.3) is 0 Å². The lowest BCUT2D eigenvalue weighted by Gasteiger charge is -2.11. The van der Waals surface area contributed by atoms with Crippen LogP contribution in [0.2, 0.25) is 0 Å². The zero-order valence-electron chi connectivity index (χ0n) is 14.9. The van der Waals surface area contributed by atoms with Gasteiger partial charge in [0.05, 0.1) is 6.20 Å². The predicted molar refractivity (Wildman–Crippen MR) is 101 cm³/mol. The summed E-state index contributed by atoms with van der Waals surface area (Å²) < 4.78 is 18.8. The van der Waals surface area contributed by atoms with Crippen LogP contribution < -0.4 is 10.1 Å². The third-order valence-corrected chi connectivity index (χ3v) is 4.73. The third-order valence-electron chi connectivity index (χ3n) is 4.73. The Hall–Kier alpha value is -3.21. The molecule has 0 radical (unpaired) electrons. The van der Waals surface area contributed by atoms with Gasteiger partial charge in [-0.1, -0.05) is 12.1 Å². The largest absolute Gasteiger partial charge is 0.455 e. The molecule has 27 heavy (non-hydrogen) atoms. The van der Waals surface area contributed by atoms with Gasteiger partial charge in [-0.2, -0.15) is 0 Å². The average Bonchev–Trinajstić information content (AvgIpc) is 3.46. The second-order valence-electron chi connectivity index (χ2n) is 6.76. The number of halogens is 1. The maximum atomic E-state index is 13.0. The number of anilines is 1. The SMILES string of the molecule is Cc1cc(NC(=O)[C@H]2C[C@@H]2c2ccc(F)cc2)ccc1Oc1cccnc1. The van der Waals surface area contributed by atoms with Crippen LogP contribution in [0.5, 0.6) is 11.5 Å². The third kappa shape index (κ3) is 3.97. The van der Waals surface area contributed by atoms with Gasteiger partial charge in [0.25, 0.3) is 0 Å². The summed E-state index contributed by atoms with van der Waals surface area (Å²) >= 11 is 0. The van der Waals surface area contributed by atoms with E-state index in [4.69, 9.17) is 4.74 Å². The van der Waals surface area contributed by atoms with Crippen LogP contribution in [0.1, 0.15) is 23.5 Å². The van der Waals surface area contributed by atoms with Crippen molar-refractivity contribution in [3.8, 4) is 11.5 Å². The number of aromatic nitrogens is 1. The van der Waals surface area contributed by atoms with Crippen molar-refractivity contribution in [2.75, 3.05) is 5.32 Å². The quantitative estimate of drug-likeness (QED) is 0.690. The zero-order chi connectivity index (χ0) is 18.8. The van der Waals surface area contributed by atoms with Gasteiger partial charge in [0.1, 0.15) is 17.3 Å². The van der Waals surface area contributed by atoms with Crippen molar-refractivity contribution in [2.24, 2.45) is 5.92 Å². The highest BCUT2D eigenvalue weighted by Gasteiger charge is 2.43. The van der Waals surface area contributed by atoms with E-state index in [1.165, 1.54) is 12.1 Å². The smallest absolute Gasteiger partial charge is 0.228 e. The minimum atomic E-state index is -0.260. The molecular weight excluding hydrogens is 343 g/mol.